The summed E-state index contributed by atoms with van der Waals surface area (Å²) >= 11 is 0. The van der Waals surface area contributed by atoms with Gasteiger partial charge in [-0.25, -0.2) is 0 Å². The van der Waals surface area contributed by atoms with Crippen LogP contribution in [0.3, 0.4) is 0 Å². The first kappa shape index (κ1) is 9.03. The standard InChI is InChI=1S/C6H4O.C3H9NO/c1-2-5-4-6(3-1)7-5;1-3(5)4-2/h1-4H;3-5H,1-2H3. The molecule has 3 rings (SSSR count). The molecule has 0 spiro atoms. The molecule has 1 unspecified atom stereocenters. The Bertz CT molecular complexity index is 223. The predicted octanol–water partition coefficient (Wildman–Crippen LogP) is 1.34. The van der Waals surface area contributed by atoms with Gasteiger partial charge < -0.3 is 9.84 Å². The third-order valence-electron chi connectivity index (χ3n) is 1.46. The highest BCUT2D eigenvalue weighted by molar-refractivity contribution is 5.43. The number of hydrogen-bond donors (Lipinski definition) is 2. The van der Waals surface area contributed by atoms with Crippen LogP contribution in [-0.4, -0.2) is 18.4 Å². The zero-order valence-electron chi connectivity index (χ0n) is 7.24. The molecule has 0 saturated carbocycles. The number of rotatable bonds is 1. The number of ether oxygens (including phenoxy) is 1. The predicted molar refractivity (Wildman–Crippen MR) is 47.3 cm³/mol. The van der Waals surface area contributed by atoms with E-state index in [4.69, 9.17) is 9.84 Å². The van der Waals surface area contributed by atoms with Gasteiger partial charge in [0.05, 0.1) is 0 Å². The van der Waals surface area contributed by atoms with E-state index in [0.29, 0.717) is 0 Å². The van der Waals surface area contributed by atoms with E-state index in [-0.39, 0.29) is 6.23 Å². The fourth-order valence-corrected chi connectivity index (χ4v) is 0.679. The second-order valence-corrected chi connectivity index (χ2v) is 2.54. The van der Waals surface area contributed by atoms with Crippen molar-refractivity contribution < 1.29 is 9.84 Å². The molecule has 0 saturated heterocycles. The summed E-state index contributed by atoms with van der Waals surface area (Å²) in [7, 11) is 1.70. The zero-order chi connectivity index (χ0) is 8.97. The quantitative estimate of drug-likeness (QED) is 0.630. The zero-order valence-corrected chi connectivity index (χ0v) is 7.24. The van der Waals surface area contributed by atoms with Crippen LogP contribution in [-0.2, 0) is 0 Å². The Balaban J connectivity index is 0.000000130. The van der Waals surface area contributed by atoms with Gasteiger partial charge in [0.1, 0.15) is 17.7 Å². The molecule has 1 atom stereocenters. The topological polar surface area (TPSA) is 41.5 Å². The molecule has 0 fully saturated rings. The molecule has 2 N–H and O–H groups in total. The molecule has 66 valence electrons. The van der Waals surface area contributed by atoms with Gasteiger partial charge in [0, 0.05) is 6.07 Å². The summed E-state index contributed by atoms with van der Waals surface area (Å²) in [6, 6.07) is 7.86. The van der Waals surface area contributed by atoms with Crippen molar-refractivity contribution in [3.05, 3.63) is 24.3 Å². The normalized spacial score (nSPS) is 13.2. The third-order valence-corrected chi connectivity index (χ3v) is 1.46. The van der Waals surface area contributed by atoms with Crippen LogP contribution in [0.5, 0.6) is 11.5 Å². The van der Waals surface area contributed by atoms with Gasteiger partial charge in [-0.1, -0.05) is 6.07 Å². The van der Waals surface area contributed by atoms with Crippen molar-refractivity contribution in [1.82, 2.24) is 5.32 Å². The molecular formula is C9H13NO2. The summed E-state index contributed by atoms with van der Waals surface area (Å²) in [5, 5.41) is 10.8. The van der Waals surface area contributed by atoms with Crippen LogP contribution in [0.2, 0.25) is 0 Å². The van der Waals surface area contributed by atoms with Crippen LogP contribution in [0.15, 0.2) is 24.3 Å². The van der Waals surface area contributed by atoms with Gasteiger partial charge in [-0.2, -0.15) is 0 Å². The second kappa shape index (κ2) is 4.09. The van der Waals surface area contributed by atoms with E-state index in [9.17, 15) is 0 Å². The minimum absolute atomic E-state index is 0.366. The van der Waals surface area contributed by atoms with Gasteiger partial charge in [-0.15, -0.1) is 0 Å². The summed E-state index contributed by atoms with van der Waals surface area (Å²) in [5.74, 6) is 1.97. The average Bonchev–Trinajstić information content (AvgIpc) is 2.06. The van der Waals surface area contributed by atoms with Gasteiger partial charge in [0.15, 0.2) is 0 Å². The molecule has 1 aromatic rings. The van der Waals surface area contributed by atoms with Crippen LogP contribution >= 0.6 is 0 Å². The third kappa shape index (κ3) is 2.53. The highest BCUT2D eigenvalue weighted by Crippen LogP contribution is 2.32. The maximum absolute atomic E-state index is 8.25. The van der Waals surface area contributed by atoms with Crippen LogP contribution in [0.1, 0.15) is 6.92 Å². The van der Waals surface area contributed by atoms with Gasteiger partial charge in [0.25, 0.3) is 0 Å². The molecular weight excluding hydrogens is 154 g/mol. The first-order chi connectivity index (χ1) is 5.72. The van der Waals surface area contributed by atoms with Crippen molar-refractivity contribution in [2.45, 2.75) is 13.2 Å². The number of hydrogen-bond acceptors (Lipinski definition) is 3. The Morgan fingerprint density at radius 1 is 1.42 bits per heavy atom. The van der Waals surface area contributed by atoms with Crippen LogP contribution in [0, 0.1) is 0 Å². The monoisotopic (exact) mass is 167 g/mol. The highest BCUT2D eigenvalue weighted by Gasteiger charge is 2.05. The van der Waals surface area contributed by atoms with E-state index >= 15 is 0 Å². The highest BCUT2D eigenvalue weighted by atomic mass is 16.5. The van der Waals surface area contributed by atoms with E-state index in [0.717, 1.165) is 11.5 Å². The van der Waals surface area contributed by atoms with Gasteiger partial charge in [-0.3, -0.25) is 5.32 Å². The lowest BCUT2D eigenvalue weighted by molar-refractivity contribution is 0.167. The van der Waals surface area contributed by atoms with Crippen molar-refractivity contribution in [3.8, 4) is 11.5 Å². The lowest BCUT2D eigenvalue weighted by Gasteiger charge is -2.13. The Morgan fingerprint density at radius 2 is 1.83 bits per heavy atom. The van der Waals surface area contributed by atoms with E-state index in [1.54, 1.807) is 14.0 Å². The van der Waals surface area contributed by atoms with E-state index in [1.807, 2.05) is 24.3 Å². The lowest BCUT2D eigenvalue weighted by atomic mass is 10.2. The molecule has 2 aliphatic rings. The summed E-state index contributed by atoms with van der Waals surface area (Å²) in [6.45, 7) is 1.67. The fraction of sp³-hybridized carbons (Fsp3) is 0.333. The first-order valence-electron chi connectivity index (χ1n) is 3.85. The largest absolute Gasteiger partial charge is 0.457 e. The molecule has 12 heavy (non-hydrogen) atoms. The minimum atomic E-state index is -0.366. The van der Waals surface area contributed by atoms with Crippen LogP contribution in [0.4, 0.5) is 0 Å². The number of benzene rings is 1. The first-order valence-corrected chi connectivity index (χ1v) is 3.85. The summed E-state index contributed by atoms with van der Waals surface area (Å²) in [4.78, 5) is 0. The smallest absolute Gasteiger partial charge is 0.131 e. The Labute approximate surface area is 72.0 Å². The number of aliphatic hydroxyl groups is 1. The van der Waals surface area contributed by atoms with Crippen molar-refractivity contribution in [2.24, 2.45) is 0 Å². The molecule has 2 bridgehead atoms. The van der Waals surface area contributed by atoms with Gasteiger partial charge >= 0.3 is 0 Å². The molecule has 3 heteroatoms. The fourth-order valence-electron chi connectivity index (χ4n) is 0.679. The van der Waals surface area contributed by atoms with Crippen molar-refractivity contribution in [1.29, 1.82) is 0 Å². The summed E-state index contributed by atoms with van der Waals surface area (Å²) in [6.07, 6.45) is -0.366. The molecule has 0 aliphatic carbocycles. The second-order valence-electron chi connectivity index (χ2n) is 2.54. The number of nitrogens with one attached hydrogen (secondary N) is 1. The van der Waals surface area contributed by atoms with Crippen LogP contribution in [0.25, 0.3) is 0 Å². The molecule has 1 aromatic carbocycles. The van der Waals surface area contributed by atoms with Gasteiger partial charge in [0.2, 0.25) is 0 Å². The average molecular weight is 167 g/mol. The van der Waals surface area contributed by atoms with E-state index < -0.39 is 0 Å². The van der Waals surface area contributed by atoms with Gasteiger partial charge in [-0.05, 0) is 26.1 Å². The van der Waals surface area contributed by atoms with Crippen molar-refractivity contribution in [2.75, 3.05) is 7.05 Å². The van der Waals surface area contributed by atoms with Crippen molar-refractivity contribution >= 4 is 0 Å². The molecule has 0 radical (unpaired) electrons. The minimum Gasteiger partial charge on any atom is -0.457 e. The molecule has 3 nitrogen and oxygen atoms in total. The number of fused-ring (bicyclic) bond motifs is 2. The van der Waals surface area contributed by atoms with Crippen LogP contribution < -0.4 is 10.1 Å². The molecule has 0 aromatic heterocycles. The van der Waals surface area contributed by atoms with E-state index in [1.165, 1.54) is 0 Å². The van der Waals surface area contributed by atoms with E-state index in [2.05, 4.69) is 5.32 Å². The summed E-state index contributed by atoms with van der Waals surface area (Å²) < 4.78 is 5.01. The molecule has 2 aliphatic heterocycles. The Hall–Kier alpha value is -1.06. The number of aliphatic hydroxyl groups excluding tert-OH is 1. The SMILES string of the molecule is CNC(C)O.c1cc2cc(c1)O2. The van der Waals surface area contributed by atoms with Crippen molar-refractivity contribution in [3.63, 3.8) is 0 Å². The maximum Gasteiger partial charge on any atom is 0.131 e. The molecule has 0 amide bonds. The summed E-state index contributed by atoms with van der Waals surface area (Å²) in [5.41, 5.74) is 0. The Kier molecular flexibility index (Phi) is 3.08. The maximum atomic E-state index is 8.25. The molecule has 2 heterocycles. The Morgan fingerprint density at radius 3 is 1.92 bits per heavy atom. The lowest BCUT2D eigenvalue weighted by Crippen LogP contribution is -2.19.